The monoisotopic (exact) mass is 212 g/mol. The molecule has 0 rings (SSSR count). The maximum absolute atomic E-state index is 5.56. The highest BCUT2D eigenvalue weighted by molar-refractivity contribution is 4.75. The summed E-state index contributed by atoms with van der Waals surface area (Å²) in [7, 11) is 0. The molecule has 0 aliphatic heterocycles. The van der Waals surface area contributed by atoms with E-state index in [1.165, 1.54) is 0 Å². The minimum atomic E-state index is 0.180. The van der Waals surface area contributed by atoms with Crippen molar-refractivity contribution in [3.63, 3.8) is 0 Å². The lowest BCUT2D eigenvalue weighted by Gasteiger charge is -2.15. The summed E-state index contributed by atoms with van der Waals surface area (Å²) >= 11 is 0. The number of rotatable bonds is 9. The van der Waals surface area contributed by atoms with E-state index >= 15 is 0 Å². The summed E-state index contributed by atoms with van der Waals surface area (Å²) in [5.41, 5.74) is 0. The fourth-order valence-corrected chi connectivity index (χ4v) is 1.10. The van der Waals surface area contributed by atoms with Crippen molar-refractivity contribution in [2.75, 3.05) is 6.61 Å². The van der Waals surface area contributed by atoms with Crippen LogP contribution in [0.3, 0.4) is 0 Å². The summed E-state index contributed by atoms with van der Waals surface area (Å²) in [6.45, 7) is 6.97. The highest BCUT2D eigenvalue weighted by Gasteiger charge is 2.06. The third-order valence-corrected chi connectivity index (χ3v) is 1.92. The van der Waals surface area contributed by atoms with Gasteiger partial charge < -0.3 is 9.47 Å². The van der Waals surface area contributed by atoms with Gasteiger partial charge in [0.05, 0.1) is 12.5 Å². The van der Waals surface area contributed by atoms with Gasteiger partial charge in [0.2, 0.25) is 0 Å². The molecule has 0 aromatic heterocycles. The summed E-state index contributed by atoms with van der Waals surface area (Å²) in [4.78, 5) is 0. The van der Waals surface area contributed by atoms with Crippen LogP contribution in [-0.2, 0) is 9.47 Å². The predicted octanol–water partition coefficient (Wildman–Crippen LogP) is 4.04. The van der Waals surface area contributed by atoms with E-state index in [9.17, 15) is 0 Å². The van der Waals surface area contributed by atoms with Gasteiger partial charge in [-0.05, 0) is 19.3 Å². The van der Waals surface area contributed by atoms with Gasteiger partial charge >= 0.3 is 0 Å². The van der Waals surface area contributed by atoms with Gasteiger partial charge in [0.25, 0.3) is 0 Å². The lowest BCUT2D eigenvalue weighted by Crippen LogP contribution is -2.15. The van der Waals surface area contributed by atoms with E-state index in [0.717, 1.165) is 25.7 Å². The van der Waals surface area contributed by atoms with Crippen molar-refractivity contribution in [3.8, 4) is 0 Å². The summed E-state index contributed by atoms with van der Waals surface area (Å²) in [5.74, 6) is 0. The van der Waals surface area contributed by atoms with Crippen LogP contribution in [0.2, 0.25) is 0 Å². The van der Waals surface area contributed by atoms with Gasteiger partial charge in [-0.15, -0.1) is 0 Å². The molecule has 2 nitrogen and oxygen atoms in total. The van der Waals surface area contributed by atoms with Gasteiger partial charge in [-0.2, -0.15) is 0 Å². The maximum atomic E-state index is 5.56. The van der Waals surface area contributed by atoms with Gasteiger partial charge in [0, 0.05) is 0 Å². The zero-order chi connectivity index (χ0) is 11.4. The van der Waals surface area contributed by atoms with E-state index in [1.54, 1.807) is 12.5 Å². The molecular formula is C13H24O2. The fraction of sp³-hybridized carbons (Fsp3) is 0.692. The van der Waals surface area contributed by atoms with Crippen LogP contribution < -0.4 is 0 Å². The Hall–Kier alpha value is -0.920. The Bertz CT molecular complexity index is 173. The highest BCUT2D eigenvalue weighted by Crippen LogP contribution is 2.04. The summed E-state index contributed by atoms with van der Waals surface area (Å²) in [6, 6.07) is 0. The first-order valence-corrected chi connectivity index (χ1v) is 5.92. The molecule has 0 aliphatic rings. The van der Waals surface area contributed by atoms with E-state index in [1.807, 2.05) is 12.2 Å². The largest absolute Gasteiger partial charge is 0.498 e. The Labute approximate surface area is 94.0 Å². The normalized spacial score (nSPS) is 13.5. The molecule has 1 atom stereocenters. The molecule has 0 aromatic rings. The van der Waals surface area contributed by atoms with Gasteiger partial charge in [-0.3, -0.25) is 0 Å². The zero-order valence-corrected chi connectivity index (χ0v) is 10.2. The molecule has 0 spiro atoms. The molecule has 0 aliphatic carbocycles. The van der Waals surface area contributed by atoms with Gasteiger partial charge in [-0.1, -0.05) is 39.3 Å². The van der Waals surface area contributed by atoms with E-state index in [2.05, 4.69) is 20.8 Å². The minimum absolute atomic E-state index is 0.180. The fourth-order valence-electron chi connectivity index (χ4n) is 1.10. The SMILES string of the molecule is CCC=COCC(CCC)OC=CCC. The van der Waals surface area contributed by atoms with E-state index in [4.69, 9.17) is 9.47 Å². The van der Waals surface area contributed by atoms with Crippen LogP contribution in [0, 0.1) is 0 Å². The molecule has 0 aromatic carbocycles. The number of hydrogen-bond acceptors (Lipinski definition) is 2. The van der Waals surface area contributed by atoms with Crippen LogP contribution in [0.5, 0.6) is 0 Å². The second kappa shape index (κ2) is 11.2. The molecule has 0 heterocycles. The Morgan fingerprint density at radius 2 is 1.67 bits per heavy atom. The lowest BCUT2D eigenvalue weighted by atomic mass is 10.2. The number of ether oxygens (including phenoxy) is 2. The Morgan fingerprint density at radius 3 is 2.27 bits per heavy atom. The summed E-state index contributed by atoms with van der Waals surface area (Å²) in [5, 5.41) is 0. The first-order chi connectivity index (χ1) is 7.35. The van der Waals surface area contributed by atoms with Crippen molar-refractivity contribution < 1.29 is 9.47 Å². The first kappa shape index (κ1) is 14.1. The maximum Gasteiger partial charge on any atom is 0.132 e. The topological polar surface area (TPSA) is 18.5 Å². The van der Waals surface area contributed by atoms with Gasteiger partial charge in [0.1, 0.15) is 12.7 Å². The molecule has 88 valence electrons. The van der Waals surface area contributed by atoms with Crippen molar-refractivity contribution in [1.82, 2.24) is 0 Å². The molecule has 0 N–H and O–H groups in total. The summed E-state index contributed by atoms with van der Waals surface area (Å²) < 4.78 is 10.9. The standard InChI is InChI=1S/C13H24O2/c1-4-7-10-14-12-13(9-6-3)15-11-8-5-2/h7-8,10-11,13H,4-6,9,12H2,1-3H3. The predicted molar refractivity (Wildman–Crippen MR) is 64.6 cm³/mol. The average Bonchev–Trinajstić information content (AvgIpc) is 2.24. The van der Waals surface area contributed by atoms with Crippen LogP contribution in [0.4, 0.5) is 0 Å². The molecule has 0 amide bonds. The molecular weight excluding hydrogens is 188 g/mol. The average molecular weight is 212 g/mol. The molecule has 15 heavy (non-hydrogen) atoms. The van der Waals surface area contributed by atoms with E-state index in [0.29, 0.717) is 6.61 Å². The van der Waals surface area contributed by atoms with Gasteiger partial charge in [0.15, 0.2) is 0 Å². The quantitative estimate of drug-likeness (QED) is 0.537. The van der Waals surface area contributed by atoms with Crippen LogP contribution in [0.15, 0.2) is 24.7 Å². The molecule has 0 radical (unpaired) electrons. The van der Waals surface area contributed by atoms with E-state index in [-0.39, 0.29) is 6.10 Å². The molecule has 0 fully saturated rings. The lowest BCUT2D eigenvalue weighted by molar-refractivity contribution is 0.0616. The first-order valence-electron chi connectivity index (χ1n) is 5.92. The zero-order valence-electron chi connectivity index (χ0n) is 10.2. The number of hydrogen-bond donors (Lipinski definition) is 0. The second-order valence-electron chi connectivity index (χ2n) is 3.44. The Kier molecular flexibility index (Phi) is 10.5. The molecule has 0 saturated heterocycles. The second-order valence-corrected chi connectivity index (χ2v) is 3.44. The minimum Gasteiger partial charge on any atom is -0.498 e. The van der Waals surface area contributed by atoms with Crippen molar-refractivity contribution >= 4 is 0 Å². The van der Waals surface area contributed by atoms with Crippen LogP contribution in [-0.4, -0.2) is 12.7 Å². The third kappa shape index (κ3) is 9.39. The molecule has 2 heteroatoms. The van der Waals surface area contributed by atoms with Crippen molar-refractivity contribution in [3.05, 3.63) is 24.7 Å². The van der Waals surface area contributed by atoms with Crippen molar-refractivity contribution in [2.24, 2.45) is 0 Å². The highest BCUT2D eigenvalue weighted by atomic mass is 16.5. The summed E-state index contributed by atoms with van der Waals surface area (Å²) in [6.07, 6.45) is 11.9. The molecule has 0 saturated carbocycles. The van der Waals surface area contributed by atoms with Gasteiger partial charge in [-0.25, -0.2) is 0 Å². The van der Waals surface area contributed by atoms with Crippen LogP contribution in [0.1, 0.15) is 46.5 Å². The third-order valence-electron chi connectivity index (χ3n) is 1.92. The van der Waals surface area contributed by atoms with Crippen molar-refractivity contribution in [1.29, 1.82) is 0 Å². The number of allylic oxidation sites excluding steroid dienone is 2. The van der Waals surface area contributed by atoms with Crippen LogP contribution >= 0.6 is 0 Å². The Morgan fingerprint density at radius 1 is 1.00 bits per heavy atom. The smallest absolute Gasteiger partial charge is 0.132 e. The Balaban J connectivity index is 3.71. The molecule has 0 bridgehead atoms. The molecule has 1 unspecified atom stereocenters. The van der Waals surface area contributed by atoms with Crippen LogP contribution in [0.25, 0.3) is 0 Å². The van der Waals surface area contributed by atoms with Crippen molar-refractivity contribution in [2.45, 2.75) is 52.6 Å². The van der Waals surface area contributed by atoms with E-state index < -0.39 is 0 Å².